The lowest BCUT2D eigenvalue weighted by atomic mass is 10.0. The standard InChI is InChI=1S/C24H24N4O3/c1-15-9-10-25-21(11-15)27-22(29)14-28(2)24(31)19-12-17-5-3-4-6-18(17)13-20(19)26-23(30)16-7-8-16/h3-6,9-13,16H,7-8,14H2,1-2H3,(H,26,30)(H,25,27,29). The molecule has 1 fully saturated rings. The number of carbonyl (C=O) groups excluding carboxylic acids is 3. The van der Waals surface area contributed by atoms with E-state index in [-0.39, 0.29) is 30.2 Å². The Bertz CT molecular complexity index is 1170. The summed E-state index contributed by atoms with van der Waals surface area (Å²) in [4.78, 5) is 43.4. The monoisotopic (exact) mass is 416 g/mol. The molecule has 1 aromatic heterocycles. The third kappa shape index (κ3) is 4.88. The topological polar surface area (TPSA) is 91.4 Å². The highest BCUT2D eigenvalue weighted by molar-refractivity contribution is 6.09. The van der Waals surface area contributed by atoms with Gasteiger partial charge >= 0.3 is 0 Å². The van der Waals surface area contributed by atoms with Crippen LogP contribution in [0, 0.1) is 12.8 Å². The van der Waals surface area contributed by atoms with Gasteiger partial charge in [0.1, 0.15) is 5.82 Å². The van der Waals surface area contributed by atoms with Crippen LogP contribution in [0.3, 0.4) is 0 Å². The largest absolute Gasteiger partial charge is 0.332 e. The number of carbonyl (C=O) groups is 3. The SMILES string of the molecule is Cc1ccnc(NC(=O)CN(C)C(=O)c2cc3ccccc3cc2NC(=O)C2CC2)c1. The highest BCUT2D eigenvalue weighted by Gasteiger charge is 2.30. The Labute approximate surface area is 180 Å². The zero-order valence-corrected chi connectivity index (χ0v) is 17.5. The molecule has 1 heterocycles. The minimum absolute atomic E-state index is 0.0137. The zero-order chi connectivity index (χ0) is 22.0. The lowest BCUT2D eigenvalue weighted by molar-refractivity contribution is -0.117. The highest BCUT2D eigenvalue weighted by Crippen LogP contribution is 2.32. The summed E-state index contributed by atoms with van der Waals surface area (Å²) >= 11 is 0. The summed E-state index contributed by atoms with van der Waals surface area (Å²) in [5, 5.41) is 7.42. The van der Waals surface area contributed by atoms with E-state index in [1.165, 1.54) is 4.90 Å². The first-order chi connectivity index (χ1) is 14.9. The van der Waals surface area contributed by atoms with Crippen molar-refractivity contribution in [2.75, 3.05) is 24.2 Å². The summed E-state index contributed by atoms with van der Waals surface area (Å²) in [6, 6.07) is 14.8. The molecule has 7 heteroatoms. The summed E-state index contributed by atoms with van der Waals surface area (Å²) in [5.41, 5.74) is 1.80. The van der Waals surface area contributed by atoms with Gasteiger partial charge in [0.25, 0.3) is 5.91 Å². The van der Waals surface area contributed by atoms with Gasteiger partial charge in [-0.05, 0) is 60.4 Å². The molecule has 0 spiro atoms. The van der Waals surface area contributed by atoms with E-state index in [2.05, 4.69) is 15.6 Å². The molecule has 4 rings (SSSR count). The number of nitrogens with one attached hydrogen (secondary N) is 2. The van der Waals surface area contributed by atoms with Crippen molar-refractivity contribution in [1.29, 1.82) is 0 Å². The Hall–Kier alpha value is -3.74. The average molecular weight is 416 g/mol. The number of fused-ring (bicyclic) bond motifs is 1. The second-order valence-corrected chi connectivity index (χ2v) is 7.94. The van der Waals surface area contributed by atoms with E-state index in [1.54, 1.807) is 25.4 Å². The number of rotatable bonds is 6. The Morgan fingerprint density at radius 3 is 2.42 bits per heavy atom. The van der Waals surface area contributed by atoms with Gasteiger partial charge in [-0.25, -0.2) is 4.98 Å². The van der Waals surface area contributed by atoms with Gasteiger partial charge in [-0.1, -0.05) is 24.3 Å². The molecule has 0 atom stereocenters. The maximum absolute atomic E-state index is 13.2. The molecule has 0 aliphatic heterocycles. The third-order valence-corrected chi connectivity index (χ3v) is 5.23. The van der Waals surface area contributed by atoms with Crippen molar-refractivity contribution in [1.82, 2.24) is 9.88 Å². The van der Waals surface area contributed by atoms with E-state index in [0.717, 1.165) is 29.2 Å². The van der Waals surface area contributed by atoms with Crippen molar-refractivity contribution in [2.24, 2.45) is 5.92 Å². The van der Waals surface area contributed by atoms with Gasteiger partial charge in [-0.15, -0.1) is 0 Å². The van der Waals surface area contributed by atoms with Gasteiger partial charge in [0, 0.05) is 19.2 Å². The zero-order valence-electron chi connectivity index (χ0n) is 17.5. The summed E-state index contributed by atoms with van der Waals surface area (Å²) in [6.45, 7) is 1.77. The number of benzene rings is 2. The Morgan fingerprint density at radius 1 is 1.03 bits per heavy atom. The number of amides is 3. The second kappa shape index (κ2) is 8.55. The third-order valence-electron chi connectivity index (χ3n) is 5.23. The number of likely N-dealkylation sites (N-methyl/N-ethyl adjacent to an activating group) is 1. The number of aryl methyl sites for hydroxylation is 1. The Balaban J connectivity index is 1.54. The molecule has 2 N–H and O–H groups in total. The molecule has 1 aliphatic carbocycles. The predicted octanol–water partition coefficient (Wildman–Crippen LogP) is 3.60. The first-order valence-electron chi connectivity index (χ1n) is 10.2. The van der Waals surface area contributed by atoms with E-state index in [0.29, 0.717) is 17.1 Å². The van der Waals surface area contributed by atoms with Gasteiger partial charge < -0.3 is 15.5 Å². The summed E-state index contributed by atoms with van der Waals surface area (Å²) in [5.74, 6) is -0.313. The quantitative estimate of drug-likeness (QED) is 0.642. The van der Waals surface area contributed by atoms with Crippen LogP contribution in [0.4, 0.5) is 11.5 Å². The lowest BCUT2D eigenvalue weighted by Gasteiger charge is -2.19. The highest BCUT2D eigenvalue weighted by atomic mass is 16.2. The van der Waals surface area contributed by atoms with Crippen molar-refractivity contribution in [3.8, 4) is 0 Å². The van der Waals surface area contributed by atoms with Crippen LogP contribution >= 0.6 is 0 Å². The van der Waals surface area contributed by atoms with E-state index < -0.39 is 0 Å². The fourth-order valence-corrected chi connectivity index (χ4v) is 3.38. The molecule has 3 amide bonds. The fourth-order valence-electron chi connectivity index (χ4n) is 3.38. The number of hydrogen-bond donors (Lipinski definition) is 2. The first kappa shape index (κ1) is 20.5. The molecular weight excluding hydrogens is 392 g/mol. The van der Waals surface area contributed by atoms with Crippen molar-refractivity contribution >= 4 is 40.0 Å². The first-order valence-corrected chi connectivity index (χ1v) is 10.2. The maximum atomic E-state index is 13.2. The Morgan fingerprint density at radius 2 is 1.74 bits per heavy atom. The number of pyridine rings is 1. The molecular formula is C24H24N4O3. The molecule has 0 bridgehead atoms. The minimum Gasteiger partial charge on any atom is -0.332 e. The van der Waals surface area contributed by atoms with E-state index >= 15 is 0 Å². The summed E-state index contributed by atoms with van der Waals surface area (Å²) in [6.07, 6.45) is 3.36. The van der Waals surface area contributed by atoms with E-state index in [4.69, 9.17) is 0 Å². The van der Waals surface area contributed by atoms with Crippen LogP contribution in [-0.4, -0.2) is 41.2 Å². The average Bonchev–Trinajstić information content (AvgIpc) is 3.58. The smallest absolute Gasteiger partial charge is 0.256 e. The number of anilines is 2. The molecule has 158 valence electrons. The summed E-state index contributed by atoms with van der Waals surface area (Å²) < 4.78 is 0. The summed E-state index contributed by atoms with van der Waals surface area (Å²) in [7, 11) is 1.56. The van der Waals surface area contributed by atoms with Crippen molar-refractivity contribution in [3.05, 3.63) is 65.9 Å². The van der Waals surface area contributed by atoms with E-state index in [9.17, 15) is 14.4 Å². The fraction of sp³-hybridized carbons (Fsp3) is 0.250. The molecule has 0 unspecified atom stereocenters. The molecule has 3 aromatic rings. The van der Waals surface area contributed by atoms with Crippen LogP contribution in [0.1, 0.15) is 28.8 Å². The van der Waals surface area contributed by atoms with Crippen molar-refractivity contribution in [2.45, 2.75) is 19.8 Å². The number of hydrogen-bond acceptors (Lipinski definition) is 4. The molecule has 0 saturated heterocycles. The normalized spacial score (nSPS) is 13.0. The number of aromatic nitrogens is 1. The molecule has 1 saturated carbocycles. The Kier molecular flexibility index (Phi) is 5.66. The molecule has 1 aliphatic rings. The maximum Gasteiger partial charge on any atom is 0.256 e. The second-order valence-electron chi connectivity index (χ2n) is 7.94. The van der Waals surface area contributed by atoms with Crippen LogP contribution in [0.15, 0.2) is 54.7 Å². The van der Waals surface area contributed by atoms with Gasteiger partial charge in [-0.3, -0.25) is 14.4 Å². The minimum atomic E-state index is -0.349. The molecule has 0 radical (unpaired) electrons. The van der Waals surface area contributed by atoms with E-state index in [1.807, 2.05) is 43.3 Å². The van der Waals surface area contributed by atoms with Crippen LogP contribution in [0.5, 0.6) is 0 Å². The van der Waals surface area contributed by atoms with Crippen LogP contribution in [-0.2, 0) is 9.59 Å². The van der Waals surface area contributed by atoms with Crippen molar-refractivity contribution < 1.29 is 14.4 Å². The van der Waals surface area contributed by atoms with Gasteiger partial charge in [-0.2, -0.15) is 0 Å². The molecule has 7 nitrogen and oxygen atoms in total. The van der Waals surface area contributed by atoms with Crippen LogP contribution < -0.4 is 10.6 Å². The predicted molar refractivity (Wildman–Crippen MR) is 120 cm³/mol. The molecule has 31 heavy (non-hydrogen) atoms. The number of nitrogens with zero attached hydrogens (tertiary/aromatic N) is 2. The van der Waals surface area contributed by atoms with Crippen LogP contribution in [0.25, 0.3) is 10.8 Å². The lowest BCUT2D eigenvalue weighted by Crippen LogP contribution is -2.35. The molecule has 2 aromatic carbocycles. The van der Waals surface area contributed by atoms with Gasteiger partial charge in [0.15, 0.2) is 0 Å². The van der Waals surface area contributed by atoms with Gasteiger partial charge in [0.05, 0.1) is 17.8 Å². The van der Waals surface area contributed by atoms with Gasteiger partial charge in [0.2, 0.25) is 11.8 Å². The van der Waals surface area contributed by atoms with Crippen LogP contribution in [0.2, 0.25) is 0 Å². The van der Waals surface area contributed by atoms with Crippen molar-refractivity contribution in [3.63, 3.8) is 0 Å².